The molecule has 0 saturated heterocycles. The molecular weight excluding hydrogens is 314 g/mol. The quantitative estimate of drug-likeness (QED) is 0.899. The molecule has 0 atom stereocenters. The van der Waals surface area contributed by atoms with E-state index in [1.807, 2.05) is 0 Å². The number of benzene rings is 1. The van der Waals surface area contributed by atoms with Crippen LogP contribution in [0.25, 0.3) is 0 Å². The Morgan fingerprint density at radius 3 is 1.91 bits per heavy atom. The van der Waals surface area contributed by atoms with Crippen LogP contribution in [0.15, 0.2) is 29.2 Å². The van der Waals surface area contributed by atoms with Crippen LogP contribution < -0.4 is 9.83 Å². The van der Waals surface area contributed by atoms with Gasteiger partial charge in [-0.05, 0) is 74.0 Å². The molecule has 0 aromatic heterocycles. The molecule has 0 radical (unpaired) electrons. The second-order valence-corrected chi connectivity index (χ2v) is 9.30. The molecule has 5 rings (SSSR count). The fourth-order valence-corrected chi connectivity index (χ4v) is 6.78. The average Bonchev–Trinajstić information content (AvgIpc) is 2.44. The van der Waals surface area contributed by atoms with Gasteiger partial charge < -0.3 is 9.90 Å². The first kappa shape index (κ1) is 15.1. The van der Waals surface area contributed by atoms with Crippen LogP contribution in [-0.2, 0) is 10.0 Å². The third-order valence-electron chi connectivity index (χ3n) is 5.79. The largest absolute Gasteiger partial charge is 0.545 e. The van der Waals surface area contributed by atoms with Gasteiger partial charge in [0.25, 0.3) is 0 Å². The molecule has 4 aliphatic rings. The Kier molecular flexibility index (Phi) is 3.32. The lowest BCUT2D eigenvalue weighted by molar-refractivity contribution is -0.255. The molecule has 6 heteroatoms. The topological polar surface area (TPSA) is 86.3 Å². The summed E-state index contributed by atoms with van der Waals surface area (Å²) < 4.78 is 28.4. The maximum absolute atomic E-state index is 12.7. The molecule has 23 heavy (non-hydrogen) atoms. The summed E-state index contributed by atoms with van der Waals surface area (Å²) in [6, 6.07) is 5.25. The highest BCUT2D eigenvalue weighted by atomic mass is 32.2. The summed E-state index contributed by atoms with van der Waals surface area (Å²) in [5.74, 6) is 0.668. The highest BCUT2D eigenvalue weighted by molar-refractivity contribution is 7.89. The van der Waals surface area contributed by atoms with Gasteiger partial charge in [-0.1, -0.05) is 12.1 Å². The molecule has 4 bridgehead atoms. The van der Waals surface area contributed by atoms with Crippen LogP contribution in [0.5, 0.6) is 0 Å². The van der Waals surface area contributed by atoms with Gasteiger partial charge in [0.1, 0.15) is 0 Å². The van der Waals surface area contributed by atoms with Crippen LogP contribution in [-0.4, -0.2) is 19.9 Å². The van der Waals surface area contributed by atoms with Crippen molar-refractivity contribution in [3.8, 4) is 0 Å². The molecule has 124 valence electrons. The summed E-state index contributed by atoms with van der Waals surface area (Å²) in [6.07, 6.45) is 6.57. The Morgan fingerprint density at radius 2 is 1.48 bits per heavy atom. The first-order valence-corrected chi connectivity index (χ1v) is 9.69. The van der Waals surface area contributed by atoms with Gasteiger partial charge in [0, 0.05) is 5.54 Å². The van der Waals surface area contributed by atoms with Crippen molar-refractivity contribution in [2.24, 2.45) is 17.8 Å². The van der Waals surface area contributed by atoms with Gasteiger partial charge in [0.15, 0.2) is 0 Å². The molecule has 0 heterocycles. The average molecular weight is 334 g/mol. The molecule has 4 saturated carbocycles. The van der Waals surface area contributed by atoms with Crippen molar-refractivity contribution in [3.05, 3.63) is 29.8 Å². The molecule has 1 N–H and O–H groups in total. The van der Waals surface area contributed by atoms with Crippen molar-refractivity contribution in [1.29, 1.82) is 0 Å². The SMILES string of the molecule is O=C([O-])c1ccc(S(=O)(=O)NC23CC4CC(CC(C4)C2)C3)cc1. The van der Waals surface area contributed by atoms with E-state index in [1.165, 1.54) is 43.5 Å². The lowest BCUT2D eigenvalue weighted by Crippen LogP contribution is -2.59. The van der Waals surface area contributed by atoms with Crippen molar-refractivity contribution < 1.29 is 18.3 Å². The number of carboxylic acid groups (broad SMARTS) is 1. The van der Waals surface area contributed by atoms with E-state index in [4.69, 9.17) is 0 Å². The van der Waals surface area contributed by atoms with Crippen LogP contribution in [0.1, 0.15) is 48.9 Å². The fourth-order valence-electron chi connectivity index (χ4n) is 5.35. The van der Waals surface area contributed by atoms with Gasteiger partial charge in [0.2, 0.25) is 10.0 Å². The molecule has 4 aliphatic carbocycles. The summed E-state index contributed by atoms with van der Waals surface area (Å²) in [6.45, 7) is 0. The Labute approximate surface area is 136 Å². The van der Waals surface area contributed by atoms with Gasteiger partial charge in [-0.15, -0.1) is 0 Å². The van der Waals surface area contributed by atoms with E-state index in [9.17, 15) is 18.3 Å². The minimum absolute atomic E-state index is 0.0150. The molecule has 0 amide bonds. The smallest absolute Gasteiger partial charge is 0.241 e. The maximum atomic E-state index is 12.7. The Hall–Kier alpha value is -1.40. The molecule has 1 aromatic carbocycles. The number of rotatable bonds is 4. The predicted molar refractivity (Wildman–Crippen MR) is 82.0 cm³/mol. The number of sulfonamides is 1. The van der Waals surface area contributed by atoms with Crippen molar-refractivity contribution in [1.82, 2.24) is 4.72 Å². The molecule has 0 aliphatic heterocycles. The minimum Gasteiger partial charge on any atom is -0.545 e. The molecule has 5 nitrogen and oxygen atoms in total. The number of carboxylic acids is 1. The molecule has 1 aromatic rings. The monoisotopic (exact) mass is 334 g/mol. The number of aromatic carboxylic acids is 1. The van der Waals surface area contributed by atoms with Crippen LogP contribution >= 0.6 is 0 Å². The molecule has 0 spiro atoms. The maximum Gasteiger partial charge on any atom is 0.241 e. The number of hydrogen-bond donors (Lipinski definition) is 1. The summed E-state index contributed by atoms with van der Waals surface area (Å²) in [7, 11) is -3.63. The summed E-state index contributed by atoms with van der Waals surface area (Å²) in [5, 5.41) is 10.8. The van der Waals surface area contributed by atoms with E-state index in [-0.39, 0.29) is 16.0 Å². The van der Waals surface area contributed by atoms with E-state index in [0.717, 1.165) is 19.3 Å². The van der Waals surface area contributed by atoms with Crippen molar-refractivity contribution >= 4 is 16.0 Å². The van der Waals surface area contributed by atoms with Crippen molar-refractivity contribution in [2.75, 3.05) is 0 Å². The van der Waals surface area contributed by atoms with E-state index >= 15 is 0 Å². The molecular formula is C17H20NO4S-. The fraction of sp³-hybridized carbons (Fsp3) is 0.588. The third kappa shape index (κ3) is 2.68. The summed E-state index contributed by atoms with van der Waals surface area (Å²) in [5.41, 5.74) is -0.306. The van der Waals surface area contributed by atoms with Gasteiger partial charge in [-0.2, -0.15) is 0 Å². The van der Waals surface area contributed by atoms with Crippen molar-refractivity contribution in [2.45, 2.75) is 49.0 Å². The number of hydrogen-bond acceptors (Lipinski definition) is 4. The number of carbonyl (C=O) groups is 1. The highest BCUT2D eigenvalue weighted by Gasteiger charge is 2.52. The van der Waals surface area contributed by atoms with E-state index < -0.39 is 16.0 Å². The molecule has 0 unspecified atom stereocenters. The minimum atomic E-state index is -3.63. The third-order valence-corrected chi connectivity index (χ3v) is 7.38. The van der Waals surface area contributed by atoms with Crippen LogP contribution in [0.3, 0.4) is 0 Å². The zero-order chi connectivity index (χ0) is 16.2. The number of carbonyl (C=O) groups excluding carboxylic acids is 1. The Balaban J connectivity index is 1.59. The van der Waals surface area contributed by atoms with Crippen LogP contribution in [0.2, 0.25) is 0 Å². The normalized spacial score (nSPS) is 35.4. The first-order valence-electron chi connectivity index (χ1n) is 8.21. The van der Waals surface area contributed by atoms with Gasteiger partial charge in [-0.3, -0.25) is 0 Å². The second kappa shape index (κ2) is 5.05. The summed E-state index contributed by atoms with van der Waals surface area (Å²) in [4.78, 5) is 10.9. The van der Waals surface area contributed by atoms with E-state index in [1.54, 1.807) is 0 Å². The van der Waals surface area contributed by atoms with Gasteiger partial charge in [-0.25, -0.2) is 13.1 Å². The zero-order valence-corrected chi connectivity index (χ0v) is 13.6. The lowest BCUT2D eigenvalue weighted by Gasteiger charge is -2.56. The van der Waals surface area contributed by atoms with Crippen LogP contribution in [0.4, 0.5) is 0 Å². The van der Waals surface area contributed by atoms with Gasteiger partial charge in [0.05, 0.1) is 10.9 Å². The summed E-state index contributed by atoms with van der Waals surface area (Å²) >= 11 is 0. The van der Waals surface area contributed by atoms with Crippen LogP contribution in [0, 0.1) is 17.8 Å². The standard InChI is InChI=1S/C17H21NO4S/c19-16(20)14-1-3-15(4-2-14)23(21,22)18-17-8-11-5-12(9-17)7-13(6-11)10-17/h1-4,11-13,18H,5-10H2,(H,19,20)/p-1. The highest BCUT2D eigenvalue weighted by Crippen LogP contribution is 2.55. The van der Waals surface area contributed by atoms with E-state index in [0.29, 0.717) is 17.8 Å². The van der Waals surface area contributed by atoms with E-state index in [2.05, 4.69) is 4.72 Å². The Morgan fingerprint density at radius 1 is 1.00 bits per heavy atom. The van der Waals surface area contributed by atoms with Gasteiger partial charge >= 0.3 is 0 Å². The zero-order valence-electron chi connectivity index (χ0n) is 12.8. The first-order chi connectivity index (χ1) is 10.9. The molecule has 4 fully saturated rings. The van der Waals surface area contributed by atoms with Crippen molar-refractivity contribution in [3.63, 3.8) is 0 Å². The Bertz CT molecular complexity index is 703. The lowest BCUT2D eigenvalue weighted by atomic mass is 9.53. The number of nitrogens with one attached hydrogen (secondary N) is 1. The second-order valence-electron chi connectivity index (χ2n) is 7.62. The predicted octanol–water partition coefficient (Wildman–Crippen LogP) is 1.30.